The van der Waals surface area contributed by atoms with Gasteiger partial charge in [0.1, 0.15) is 11.9 Å². The molecule has 1 unspecified atom stereocenters. The Bertz CT molecular complexity index is 1290. The number of hydrogen-bond acceptors (Lipinski definition) is 5. The number of benzene rings is 2. The van der Waals surface area contributed by atoms with Crippen LogP contribution in [0.25, 0.3) is 11.0 Å². The zero-order valence-corrected chi connectivity index (χ0v) is 19.7. The molecule has 0 bridgehead atoms. The molecule has 0 aliphatic carbocycles. The van der Waals surface area contributed by atoms with Crippen LogP contribution >= 0.6 is 0 Å². The first-order valence-electron chi connectivity index (χ1n) is 11.9. The van der Waals surface area contributed by atoms with Gasteiger partial charge in [-0.1, -0.05) is 30.3 Å². The molecule has 4 rings (SSSR count). The van der Waals surface area contributed by atoms with Crippen LogP contribution in [0.4, 0.5) is 0 Å². The predicted octanol–water partition coefficient (Wildman–Crippen LogP) is 2.30. The lowest BCUT2D eigenvalue weighted by molar-refractivity contribution is -0.141. The molecule has 10 nitrogen and oxygen atoms in total. The molecular weight excluding hydrogens is 464 g/mol. The minimum atomic E-state index is -1.02. The lowest BCUT2D eigenvalue weighted by Crippen LogP contribution is -2.40. The van der Waals surface area contributed by atoms with Crippen LogP contribution < -0.4 is 5.32 Å². The fourth-order valence-electron chi connectivity index (χ4n) is 4.50. The Morgan fingerprint density at radius 2 is 1.81 bits per heavy atom. The smallest absolute Gasteiger partial charge is 0.326 e. The topological polar surface area (TPSA) is 142 Å². The number of imidazole rings is 1. The Balaban J connectivity index is 1.58. The maximum atomic E-state index is 13.1. The number of rotatable bonds is 10. The molecule has 1 fully saturated rings. The number of hydrogen-bond donors (Lipinski definition) is 3. The van der Waals surface area contributed by atoms with E-state index in [2.05, 4.69) is 5.32 Å². The van der Waals surface area contributed by atoms with Crippen molar-refractivity contribution >= 4 is 34.8 Å². The van der Waals surface area contributed by atoms with Crippen molar-refractivity contribution in [2.24, 2.45) is 0 Å². The van der Waals surface area contributed by atoms with E-state index in [0.717, 1.165) is 11.1 Å². The van der Waals surface area contributed by atoms with Crippen molar-refractivity contribution < 1.29 is 29.4 Å². The Morgan fingerprint density at radius 3 is 2.53 bits per heavy atom. The first-order chi connectivity index (χ1) is 17.3. The van der Waals surface area contributed by atoms with Gasteiger partial charge in [-0.05, 0) is 36.6 Å². The Kier molecular flexibility index (Phi) is 7.62. The third kappa shape index (κ3) is 5.70. The van der Waals surface area contributed by atoms with E-state index < -0.39 is 18.0 Å². The minimum absolute atomic E-state index is 0.0882. The number of likely N-dealkylation sites (tertiary alicyclic amines) is 1. The van der Waals surface area contributed by atoms with Crippen molar-refractivity contribution in [3.63, 3.8) is 0 Å². The van der Waals surface area contributed by atoms with Gasteiger partial charge in [-0.3, -0.25) is 14.4 Å². The van der Waals surface area contributed by atoms with Gasteiger partial charge in [-0.15, -0.1) is 0 Å². The third-order valence-electron chi connectivity index (χ3n) is 6.29. The van der Waals surface area contributed by atoms with Crippen LogP contribution in [0.3, 0.4) is 0 Å². The molecule has 2 aromatic carbocycles. The number of nitrogens with zero attached hydrogens (tertiary/aromatic N) is 3. The van der Waals surface area contributed by atoms with Gasteiger partial charge in [0.2, 0.25) is 5.91 Å². The Hall–Kier alpha value is -4.21. The second-order valence-electron chi connectivity index (χ2n) is 8.79. The molecule has 3 N–H and O–H groups in total. The number of aliphatic carboxylic acids is 2. The second kappa shape index (κ2) is 11.0. The van der Waals surface area contributed by atoms with E-state index in [1.165, 1.54) is 4.90 Å². The molecule has 3 aromatic rings. The lowest BCUT2D eigenvalue weighted by Gasteiger charge is -2.21. The van der Waals surface area contributed by atoms with E-state index in [1.54, 1.807) is 12.1 Å². The van der Waals surface area contributed by atoms with Gasteiger partial charge in [-0.2, -0.15) is 0 Å². The molecule has 36 heavy (non-hydrogen) atoms. The molecule has 1 atom stereocenters. The van der Waals surface area contributed by atoms with Crippen LogP contribution in [-0.2, 0) is 27.3 Å². The average molecular weight is 493 g/mol. The van der Waals surface area contributed by atoms with Gasteiger partial charge in [0.25, 0.3) is 5.91 Å². The largest absolute Gasteiger partial charge is 0.481 e. The van der Waals surface area contributed by atoms with Crippen LogP contribution in [0.15, 0.2) is 48.5 Å². The molecule has 1 aliphatic rings. The van der Waals surface area contributed by atoms with Crippen LogP contribution in [0.1, 0.15) is 47.4 Å². The van der Waals surface area contributed by atoms with Crippen molar-refractivity contribution in [3.8, 4) is 0 Å². The summed E-state index contributed by atoms with van der Waals surface area (Å²) < 4.78 is 2.03. The highest BCUT2D eigenvalue weighted by Crippen LogP contribution is 2.24. The highest BCUT2D eigenvalue weighted by Gasteiger charge is 2.34. The van der Waals surface area contributed by atoms with Gasteiger partial charge in [0.05, 0.1) is 17.5 Å². The number of carbonyl (C=O) groups is 4. The van der Waals surface area contributed by atoms with E-state index in [1.807, 2.05) is 41.0 Å². The zero-order chi connectivity index (χ0) is 25.7. The molecule has 10 heteroatoms. The molecule has 1 aliphatic heterocycles. The average Bonchev–Trinajstić information content (AvgIpc) is 3.48. The first kappa shape index (κ1) is 24.9. The summed E-state index contributed by atoms with van der Waals surface area (Å²) in [6.45, 7) is 1.24. The van der Waals surface area contributed by atoms with E-state index >= 15 is 0 Å². The molecule has 2 amide bonds. The van der Waals surface area contributed by atoms with Gasteiger partial charge in [0.15, 0.2) is 0 Å². The number of fused-ring (bicyclic) bond motifs is 1. The number of amides is 2. The molecule has 0 saturated carbocycles. The molecule has 2 heterocycles. The second-order valence-corrected chi connectivity index (χ2v) is 8.79. The number of carboxylic acids is 2. The van der Waals surface area contributed by atoms with E-state index in [0.29, 0.717) is 49.3 Å². The van der Waals surface area contributed by atoms with Crippen LogP contribution in [-0.4, -0.2) is 67.5 Å². The summed E-state index contributed by atoms with van der Waals surface area (Å²) in [7, 11) is 0. The summed E-state index contributed by atoms with van der Waals surface area (Å²) in [5, 5.41) is 20.9. The lowest BCUT2D eigenvalue weighted by atomic mass is 10.1. The number of aromatic nitrogens is 2. The van der Waals surface area contributed by atoms with Crippen LogP contribution in [0.5, 0.6) is 0 Å². The van der Waals surface area contributed by atoms with E-state index in [4.69, 9.17) is 10.1 Å². The quantitative estimate of drug-likeness (QED) is 0.394. The number of nitrogens with one attached hydrogen (secondary N) is 1. The maximum absolute atomic E-state index is 13.1. The molecule has 1 aromatic heterocycles. The molecular formula is C26H28N4O6. The highest BCUT2D eigenvalue weighted by atomic mass is 16.4. The fourth-order valence-corrected chi connectivity index (χ4v) is 4.50. The summed E-state index contributed by atoms with van der Waals surface area (Å²) in [5.41, 5.74) is 2.87. The Labute approximate surface area is 207 Å². The normalized spacial score (nSPS) is 15.2. The van der Waals surface area contributed by atoms with Gasteiger partial charge in [0, 0.05) is 38.0 Å². The summed E-state index contributed by atoms with van der Waals surface area (Å²) in [5.74, 6) is -1.98. The summed E-state index contributed by atoms with van der Waals surface area (Å²) >= 11 is 0. The first-order valence-corrected chi connectivity index (χ1v) is 11.9. The Morgan fingerprint density at radius 1 is 1.03 bits per heavy atom. The summed E-state index contributed by atoms with van der Waals surface area (Å²) in [6, 6.07) is 14.2. The standard InChI is InChI=1S/C26H28N4O6/c31-23(10-11-24(32)33)27-13-12-22-28-19-15-18(25(34)29-14-4-7-21(29)26(35)36)8-9-20(19)30(22)16-17-5-2-1-3-6-17/h1-3,5-6,8-9,15,21H,4,7,10-14,16H2,(H,27,31)(H,32,33)(H,35,36). The van der Waals surface area contributed by atoms with Crippen molar-refractivity contribution in [3.05, 3.63) is 65.5 Å². The van der Waals surface area contributed by atoms with Crippen molar-refractivity contribution in [1.82, 2.24) is 19.8 Å². The minimum Gasteiger partial charge on any atom is -0.481 e. The van der Waals surface area contributed by atoms with Crippen molar-refractivity contribution in [2.45, 2.75) is 44.7 Å². The fraction of sp³-hybridized carbons (Fsp3) is 0.346. The summed E-state index contributed by atoms with van der Waals surface area (Å²) in [4.78, 5) is 53.4. The zero-order valence-electron chi connectivity index (χ0n) is 19.7. The monoisotopic (exact) mass is 492 g/mol. The third-order valence-corrected chi connectivity index (χ3v) is 6.29. The van der Waals surface area contributed by atoms with Crippen molar-refractivity contribution in [2.75, 3.05) is 13.1 Å². The molecule has 188 valence electrons. The van der Waals surface area contributed by atoms with E-state index in [-0.39, 0.29) is 31.2 Å². The molecule has 1 saturated heterocycles. The number of carbonyl (C=O) groups excluding carboxylic acids is 2. The predicted molar refractivity (Wildman–Crippen MR) is 131 cm³/mol. The summed E-state index contributed by atoms with van der Waals surface area (Å²) in [6.07, 6.45) is 1.19. The molecule has 0 spiro atoms. The van der Waals surface area contributed by atoms with Gasteiger partial charge in [-0.25, -0.2) is 9.78 Å². The van der Waals surface area contributed by atoms with E-state index in [9.17, 15) is 24.3 Å². The number of carboxylic acid groups (broad SMARTS) is 2. The van der Waals surface area contributed by atoms with Crippen LogP contribution in [0.2, 0.25) is 0 Å². The van der Waals surface area contributed by atoms with Gasteiger partial charge < -0.3 is 25.0 Å². The molecule has 0 radical (unpaired) electrons. The highest BCUT2D eigenvalue weighted by molar-refractivity contribution is 5.99. The van der Waals surface area contributed by atoms with Crippen LogP contribution in [0, 0.1) is 0 Å². The SMILES string of the molecule is O=C(O)CCC(=O)NCCc1nc2cc(C(=O)N3CCCC3C(=O)O)ccc2n1Cc1ccccc1. The van der Waals surface area contributed by atoms with Gasteiger partial charge >= 0.3 is 11.9 Å². The van der Waals surface area contributed by atoms with Crippen molar-refractivity contribution in [1.29, 1.82) is 0 Å². The maximum Gasteiger partial charge on any atom is 0.326 e.